The van der Waals surface area contributed by atoms with E-state index in [1.54, 1.807) is 52.0 Å². The zero-order valence-electron chi connectivity index (χ0n) is 14.1. The quantitative estimate of drug-likeness (QED) is 0.359. The number of epoxide rings is 1. The molecule has 0 saturated carbocycles. The van der Waals surface area contributed by atoms with E-state index in [0.29, 0.717) is 22.6 Å². The Morgan fingerprint density at radius 2 is 1.91 bits per heavy atom. The summed E-state index contributed by atoms with van der Waals surface area (Å²) in [6.45, 7) is 8.94. The maximum atomic E-state index is 12.0. The van der Waals surface area contributed by atoms with E-state index in [2.05, 4.69) is 0 Å². The second kappa shape index (κ2) is 6.96. The zero-order valence-corrected chi connectivity index (χ0v) is 14.1. The first-order valence-corrected chi connectivity index (χ1v) is 7.69. The van der Waals surface area contributed by atoms with Crippen LogP contribution in [0.4, 0.5) is 0 Å². The lowest BCUT2D eigenvalue weighted by Gasteiger charge is -2.12. The third kappa shape index (κ3) is 4.20. The molecule has 0 aliphatic carbocycles. The molecule has 1 heterocycles. The Hall–Kier alpha value is -2.14. The van der Waals surface area contributed by atoms with Crippen LogP contribution >= 0.6 is 0 Å². The molecule has 2 rings (SSSR count). The van der Waals surface area contributed by atoms with Crippen molar-refractivity contribution in [2.75, 3.05) is 0 Å². The third-order valence-corrected chi connectivity index (χ3v) is 3.65. The van der Waals surface area contributed by atoms with Gasteiger partial charge in [-0.3, -0.25) is 4.79 Å². The molecule has 1 fully saturated rings. The van der Waals surface area contributed by atoms with Crippen molar-refractivity contribution in [2.45, 2.75) is 46.8 Å². The normalized spacial score (nSPS) is 20.3. The van der Waals surface area contributed by atoms with Gasteiger partial charge in [-0.2, -0.15) is 0 Å². The topological polar surface area (TPSA) is 65.1 Å². The van der Waals surface area contributed by atoms with Gasteiger partial charge in [0.1, 0.15) is 17.6 Å². The molecule has 1 aliphatic rings. The Labute approximate surface area is 136 Å². The van der Waals surface area contributed by atoms with Gasteiger partial charge >= 0.3 is 11.9 Å². The van der Waals surface area contributed by atoms with Crippen molar-refractivity contribution in [3.05, 3.63) is 35.4 Å². The van der Waals surface area contributed by atoms with Crippen molar-refractivity contribution in [3.63, 3.8) is 0 Å². The molecule has 1 aromatic carbocycles. The van der Waals surface area contributed by atoms with Crippen molar-refractivity contribution in [3.8, 4) is 11.5 Å². The summed E-state index contributed by atoms with van der Waals surface area (Å²) in [6.07, 6.45) is 1.59. The molecule has 5 nitrogen and oxygen atoms in total. The predicted molar refractivity (Wildman–Crippen MR) is 85.3 cm³/mol. The minimum absolute atomic E-state index is 0.0475. The van der Waals surface area contributed by atoms with Gasteiger partial charge in [0.25, 0.3) is 0 Å². The largest absolute Gasteiger partial charge is 0.426 e. The maximum Gasteiger partial charge on any atom is 0.338 e. The van der Waals surface area contributed by atoms with Crippen LogP contribution in [0.25, 0.3) is 0 Å². The zero-order chi connectivity index (χ0) is 17.1. The molecule has 1 saturated heterocycles. The van der Waals surface area contributed by atoms with Crippen LogP contribution in [-0.4, -0.2) is 18.0 Å². The van der Waals surface area contributed by atoms with Crippen LogP contribution in [0.1, 0.15) is 46.3 Å². The average molecular weight is 318 g/mol. The molecule has 2 atom stereocenters. The average Bonchev–Trinajstić information content (AvgIpc) is 3.24. The smallest absolute Gasteiger partial charge is 0.338 e. The minimum atomic E-state index is -0.408. The van der Waals surface area contributed by atoms with Crippen LogP contribution in [0.3, 0.4) is 0 Å². The van der Waals surface area contributed by atoms with Crippen LogP contribution in [0.15, 0.2) is 29.8 Å². The van der Waals surface area contributed by atoms with E-state index in [9.17, 15) is 9.59 Å². The Morgan fingerprint density at radius 3 is 2.43 bits per heavy atom. The Morgan fingerprint density at radius 1 is 1.26 bits per heavy atom. The number of ether oxygens (including phenoxy) is 3. The minimum Gasteiger partial charge on any atom is -0.426 e. The maximum absolute atomic E-state index is 12.0. The van der Waals surface area contributed by atoms with Gasteiger partial charge in [0, 0.05) is 11.1 Å². The number of hydrogen-bond acceptors (Lipinski definition) is 5. The molecular formula is C18H22O5. The number of benzene rings is 1. The first kappa shape index (κ1) is 17.2. The Bertz CT molecular complexity index is 645. The highest BCUT2D eigenvalue weighted by atomic mass is 16.6. The van der Waals surface area contributed by atoms with Crippen LogP contribution in [0.2, 0.25) is 0 Å². The van der Waals surface area contributed by atoms with E-state index >= 15 is 0 Å². The summed E-state index contributed by atoms with van der Waals surface area (Å²) in [5.74, 6) is -0.0903. The van der Waals surface area contributed by atoms with E-state index in [0.717, 1.165) is 0 Å². The number of esters is 2. The summed E-state index contributed by atoms with van der Waals surface area (Å²) in [6, 6.07) is 4.94. The molecule has 23 heavy (non-hydrogen) atoms. The lowest BCUT2D eigenvalue weighted by Crippen LogP contribution is -2.15. The summed E-state index contributed by atoms with van der Waals surface area (Å²) in [7, 11) is 0. The number of allylic oxidation sites excluding steroid dienone is 1. The monoisotopic (exact) mass is 318 g/mol. The number of carbonyl (C=O) groups is 2. The second-order valence-corrected chi connectivity index (χ2v) is 5.90. The predicted octanol–water partition coefficient (Wildman–Crippen LogP) is 3.58. The molecule has 0 spiro atoms. The summed E-state index contributed by atoms with van der Waals surface area (Å²) in [5.41, 5.74) is 1.24. The molecule has 0 radical (unpaired) electrons. The van der Waals surface area contributed by atoms with E-state index in [4.69, 9.17) is 14.2 Å². The van der Waals surface area contributed by atoms with Crippen molar-refractivity contribution in [1.82, 2.24) is 0 Å². The molecule has 0 N–H and O–H groups in total. The van der Waals surface area contributed by atoms with E-state index in [1.165, 1.54) is 0 Å². The van der Waals surface area contributed by atoms with E-state index in [-0.39, 0.29) is 24.1 Å². The molecule has 1 aliphatic heterocycles. The van der Waals surface area contributed by atoms with Crippen LogP contribution in [0.5, 0.6) is 11.5 Å². The highest BCUT2D eigenvalue weighted by Gasteiger charge is 2.38. The number of hydrogen-bond donors (Lipinski definition) is 0. The first-order valence-electron chi connectivity index (χ1n) is 7.69. The summed E-state index contributed by atoms with van der Waals surface area (Å²) >= 11 is 0. The fourth-order valence-corrected chi connectivity index (χ4v) is 1.95. The molecule has 2 unspecified atom stereocenters. The summed E-state index contributed by atoms with van der Waals surface area (Å²) in [5, 5.41) is 0. The fraction of sp³-hybridized carbons (Fsp3) is 0.444. The third-order valence-electron chi connectivity index (χ3n) is 3.65. The second-order valence-electron chi connectivity index (χ2n) is 5.90. The van der Waals surface area contributed by atoms with Crippen LogP contribution in [0, 0.1) is 5.92 Å². The van der Waals surface area contributed by atoms with Gasteiger partial charge < -0.3 is 14.2 Å². The van der Waals surface area contributed by atoms with Crippen molar-refractivity contribution in [2.24, 2.45) is 5.92 Å². The molecule has 0 amide bonds. The lowest BCUT2D eigenvalue weighted by atomic mass is 10.1. The number of rotatable bonds is 5. The van der Waals surface area contributed by atoms with Gasteiger partial charge in [-0.1, -0.05) is 19.9 Å². The highest BCUT2D eigenvalue weighted by Crippen LogP contribution is 2.44. The van der Waals surface area contributed by atoms with Crippen molar-refractivity contribution < 1.29 is 23.8 Å². The first-order chi connectivity index (χ1) is 10.8. The van der Waals surface area contributed by atoms with E-state index < -0.39 is 5.97 Å². The lowest BCUT2D eigenvalue weighted by molar-refractivity contribution is -0.137. The number of carbonyl (C=O) groups excluding carboxylic acids is 2. The van der Waals surface area contributed by atoms with Gasteiger partial charge in [-0.25, -0.2) is 4.79 Å². The molecule has 124 valence electrons. The highest BCUT2D eigenvalue weighted by molar-refractivity contribution is 5.89. The van der Waals surface area contributed by atoms with Gasteiger partial charge in [-0.05, 0) is 39.0 Å². The fourth-order valence-electron chi connectivity index (χ4n) is 1.95. The summed E-state index contributed by atoms with van der Waals surface area (Å²) in [4.78, 5) is 23.7. The van der Waals surface area contributed by atoms with Crippen molar-refractivity contribution in [1.29, 1.82) is 0 Å². The molecule has 1 aromatic rings. The standard InChI is InChI=1S/C18H22O5/c1-6-11(4)18(20)23-15-8-7-13(22-17(19)10(2)3)9-14(15)16-12(5)21-16/h6-10,12,16H,1-5H3. The molecule has 0 aromatic heterocycles. The van der Waals surface area contributed by atoms with Gasteiger partial charge in [0.15, 0.2) is 0 Å². The molecule has 5 heteroatoms. The van der Waals surface area contributed by atoms with Gasteiger partial charge in [0.2, 0.25) is 0 Å². The molecule has 0 bridgehead atoms. The van der Waals surface area contributed by atoms with Crippen LogP contribution in [-0.2, 0) is 14.3 Å². The van der Waals surface area contributed by atoms with Gasteiger partial charge in [-0.15, -0.1) is 0 Å². The summed E-state index contributed by atoms with van der Waals surface area (Å²) < 4.78 is 16.2. The SMILES string of the molecule is CC=C(C)C(=O)Oc1ccc(OC(=O)C(C)C)cc1C1OC1C. The Kier molecular flexibility index (Phi) is 5.21. The Balaban J connectivity index is 2.25. The van der Waals surface area contributed by atoms with Crippen molar-refractivity contribution >= 4 is 11.9 Å². The molecular weight excluding hydrogens is 296 g/mol. The van der Waals surface area contributed by atoms with Gasteiger partial charge in [0.05, 0.1) is 12.0 Å². The van der Waals surface area contributed by atoms with Crippen LogP contribution < -0.4 is 9.47 Å². The van der Waals surface area contributed by atoms with E-state index in [1.807, 2.05) is 6.92 Å².